The van der Waals surface area contributed by atoms with Crippen molar-refractivity contribution in [1.82, 2.24) is 0 Å². The molecule has 1 aliphatic rings. The van der Waals surface area contributed by atoms with Crippen LogP contribution in [-0.2, 0) is 4.74 Å². The summed E-state index contributed by atoms with van der Waals surface area (Å²) < 4.78 is 4.90. The molecule has 2 heteroatoms. The zero-order valence-electron chi connectivity index (χ0n) is 5.16. The van der Waals surface area contributed by atoms with Gasteiger partial charge in [0, 0.05) is 12.3 Å². The van der Waals surface area contributed by atoms with Crippen LogP contribution in [0.3, 0.4) is 0 Å². The molecule has 0 bridgehead atoms. The second-order valence-electron chi connectivity index (χ2n) is 1.52. The van der Waals surface area contributed by atoms with Crippen LogP contribution in [0.5, 0.6) is 0 Å². The van der Waals surface area contributed by atoms with E-state index in [9.17, 15) is 0 Å². The van der Waals surface area contributed by atoms with Crippen LogP contribution in [-0.4, -0.2) is 13.0 Å². The molecule has 0 fully saturated rings. The highest BCUT2D eigenvalue weighted by Crippen LogP contribution is 1.97. The second-order valence-corrected chi connectivity index (χ2v) is 1.52. The molecule has 46 valence electrons. The van der Waals surface area contributed by atoms with E-state index in [0.29, 0.717) is 0 Å². The average Bonchev–Trinajstić information content (AvgIpc) is 2.13. The fraction of sp³-hybridized carbons (Fsp3) is 0.143. The van der Waals surface area contributed by atoms with E-state index >= 15 is 0 Å². The van der Waals surface area contributed by atoms with Crippen molar-refractivity contribution in [3.8, 4) is 0 Å². The topological polar surface area (TPSA) is 21.6 Å². The molecule has 0 spiro atoms. The van der Waals surface area contributed by atoms with Gasteiger partial charge in [-0.15, -0.1) is 0 Å². The summed E-state index contributed by atoms with van der Waals surface area (Å²) in [6, 6.07) is 0. The number of aliphatic imine (C=N–C) groups is 1. The monoisotopic (exact) mass is 121 g/mol. The highest BCUT2D eigenvalue weighted by molar-refractivity contribution is 5.58. The minimum absolute atomic E-state index is 0.771. The summed E-state index contributed by atoms with van der Waals surface area (Å²) >= 11 is 0. The van der Waals surface area contributed by atoms with E-state index in [1.54, 1.807) is 25.5 Å². The van der Waals surface area contributed by atoms with E-state index < -0.39 is 0 Å². The number of hydrogen-bond acceptors (Lipinski definition) is 2. The highest BCUT2D eigenvalue weighted by atomic mass is 16.5. The molecule has 0 saturated heterocycles. The van der Waals surface area contributed by atoms with Gasteiger partial charge in [-0.2, -0.15) is 0 Å². The summed E-state index contributed by atoms with van der Waals surface area (Å²) in [5.41, 5.74) is 0. The van der Waals surface area contributed by atoms with Crippen LogP contribution in [0, 0.1) is 0 Å². The van der Waals surface area contributed by atoms with Gasteiger partial charge in [-0.1, -0.05) is 0 Å². The summed E-state index contributed by atoms with van der Waals surface area (Å²) in [7, 11) is 1.61. The molecule has 0 radical (unpaired) electrons. The lowest BCUT2D eigenvalue weighted by Crippen LogP contribution is -1.78. The Morgan fingerprint density at radius 1 is 1.67 bits per heavy atom. The maximum atomic E-state index is 4.90. The van der Waals surface area contributed by atoms with Crippen LogP contribution >= 0.6 is 0 Å². The van der Waals surface area contributed by atoms with Gasteiger partial charge in [-0.25, -0.2) is 4.99 Å². The normalized spacial score (nSPS) is 15.0. The summed E-state index contributed by atoms with van der Waals surface area (Å²) in [4.78, 5) is 3.75. The first-order chi connectivity index (χ1) is 4.43. The molecular weight excluding hydrogens is 114 g/mol. The first kappa shape index (κ1) is 5.86. The van der Waals surface area contributed by atoms with Gasteiger partial charge in [0.15, 0.2) is 0 Å². The molecule has 0 atom stereocenters. The van der Waals surface area contributed by atoms with Crippen LogP contribution in [0.15, 0.2) is 35.2 Å². The number of allylic oxidation sites excluding steroid dienone is 3. The predicted molar refractivity (Wildman–Crippen MR) is 36.2 cm³/mol. The van der Waals surface area contributed by atoms with Crippen molar-refractivity contribution in [2.24, 2.45) is 4.99 Å². The van der Waals surface area contributed by atoms with Crippen molar-refractivity contribution >= 4 is 5.87 Å². The quantitative estimate of drug-likeness (QED) is 0.512. The Morgan fingerprint density at radius 2 is 2.56 bits per heavy atom. The van der Waals surface area contributed by atoms with E-state index in [4.69, 9.17) is 4.74 Å². The fourth-order valence-electron chi connectivity index (χ4n) is 0.500. The van der Waals surface area contributed by atoms with Crippen LogP contribution in [0.2, 0.25) is 0 Å². The van der Waals surface area contributed by atoms with Gasteiger partial charge in [0.25, 0.3) is 0 Å². The first-order valence-corrected chi connectivity index (χ1v) is 2.63. The van der Waals surface area contributed by atoms with Crippen molar-refractivity contribution in [1.29, 1.82) is 0 Å². The Balaban J connectivity index is 2.82. The van der Waals surface area contributed by atoms with Crippen molar-refractivity contribution in [3.05, 3.63) is 30.2 Å². The molecule has 1 rings (SSSR count). The number of hydrogen-bond donors (Lipinski definition) is 0. The minimum atomic E-state index is 0.771. The molecule has 0 aromatic carbocycles. The molecule has 0 aromatic heterocycles. The summed E-state index contributed by atoms with van der Waals surface area (Å²) in [6.07, 6.45) is 6.96. The molecule has 0 unspecified atom stereocenters. The third kappa shape index (κ3) is 1.59. The fourth-order valence-corrected chi connectivity index (χ4v) is 0.500. The smallest absolute Gasteiger partial charge is 0.128 e. The van der Waals surface area contributed by atoms with Crippen molar-refractivity contribution in [2.75, 3.05) is 7.11 Å². The number of methoxy groups -OCH3 is 1. The Bertz CT molecular complexity index is 207. The Hall–Kier alpha value is -1.27. The second kappa shape index (κ2) is 2.90. The van der Waals surface area contributed by atoms with Gasteiger partial charge in [0.05, 0.1) is 7.11 Å². The zero-order valence-corrected chi connectivity index (χ0v) is 5.16. The molecule has 0 N–H and O–H groups in total. The van der Waals surface area contributed by atoms with E-state index in [1.807, 2.05) is 6.08 Å². The van der Waals surface area contributed by atoms with Gasteiger partial charge in [-0.3, -0.25) is 0 Å². The number of rotatable bonds is 1. The van der Waals surface area contributed by atoms with Crippen LogP contribution < -0.4 is 0 Å². The number of nitrogens with zero attached hydrogens (tertiary/aromatic N) is 1. The standard InChI is InChI=1S/C7H7NO/c1-9-7-3-2-5-8-6-4-7/h2-5H,1H3. The molecule has 1 heterocycles. The minimum Gasteiger partial charge on any atom is -0.496 e. The van der Waals surface area contributed by atoms with E-state index in [1.165, 1.54) is 0 Å². The summed E-state index contributed by atoms with van der Waals surface area (Å²) in [6.45, 7) is 0. The predicted octanol–water partition coefficient (Wildman–Crippen LogP) is 1.27. The lowest BCUT2D eigenvalue weighted by atomic mass is 10.4. The maximum absolute atomic E-state index is 4.90. The third-order valence-corrected chi connectivity index (χ3v) is 0.938. The zero-order chi connectivity index (χ0) is 6.53. The molecule has 1 aliphatic heterocycles. The molecule has 0 aromatic rings. The van der Waals surface area contributed by atoms with Crippen molar-refractivity contribution in [3.63, 3.8) is 0 Å². The lowest BCUT2D eigenvalue weighted by molar-refractivity contribution is 0.307. The first-order valence-electron chi connectivity index (χ1n) is 2.63. The average molecular weight is 121 g/mol. The van der Waals surface area contributed by atoms with Gasteiger partial charge >= 0.3 is 0 Å². The van der Waals surface area contributed by atoms with Crippen LogP contribution in [0.25, 0.3) is 0 Å². The van der Waals surface area contributed by atoms with Crippen LogP contribution in [0.1, 0.15) is 0 Å². The van der Waals surface area contributed by atoms with E-state index in [2.05, 4.69) is 10.9 Å². The summed E-state index contributed by atoms with van der Waals surface area (Å²) in [5.74, 6) is 3.44. The molecular formula is C7H7NO. The van der Waals surface area contributed by atoms with Crippen LogP contribution in [0.4, 0.5) is 0 Å². The SMILES string of the molecule is COC1=CC=CN=C=C1. The Kier molecular flexibility index (Phi) is 1.89. The third-order valence-electron chi connectivity index (χ3n) is 0.938. The Labute approximate surface area is 53.9 Å². The van der Waals surface area contributed by atoms with E-state index in [0.717, 1.165) is 5.76 Å². The highest BCUT2D eigenvalue weighted by Gasteiger charge is 1.85. The molecule has 0 saturated carbocycles. The molecule has 9 heavy (non-hydrogen) atoms. The van der Waals surface area contributed by atoms with Crippen molar-refractivity contribution in [2.45, 2.75) is 0 Å². The number of ether oxygens (including phenoxy) is 1. The molecule has 0 amide bonds. The largest absolute Gasteiger partial charge is 0.496 e. The van der Waals surface area contributed by atoms with Gasteiger partial charge in [-0.05, 0) is 18.0 Å². The van der Waals surface area contributed by atoms with Gasteiger partial charge in [0.2, 0.25) is 0 Å². The Morgan fingerprint density at radius 3 is 3.33 bits per heavy atom. The lowest BCUT2D eigenvalue weighted by Gasteiger charge is -1.92. The molecule has 2 nitrogen and oxygen atoms in total. The maximum Gasteiger partial charge on any atom is 0.128 e. The summed E-state index contributed by atoms with van der Waals surface area (Å²) in [5, 5.41) is 0. The molecule has 0 aliphatic carbocycles. The van der Waals surface area contributed by atoms with Gasteiger partial charge in [0.1, 0.15) is 5.76 Å². The van der Waals surface area contributed by atoms with Crippen molar-refractivity contribution < 1.29 is 4.74 Å². The van der Waals surface area contributed by atoms with Gasteiger partial charge < -0.3 is 4.74 Å². The van der Waals surface area contributed by atoms with E-state index in [-0.39, 0.29) is 0 Å².